The molecule has 1 aromatic rings. The second kappa shape index (κ2) is 5.52. The van der Waals surface area contributed by atoms with E-state index in [1.165, 1.54) is 0 Å². The molecule has 2 atom stereocenters. The Morgan fingerprint density at radius 2 is 2.07 bits per heavy atom. The van der Waals surface area contributed by atoms with Crippen LogP contribution in [0.3, 0.4) is 0 Å². The fourth-order valence-corrected chi connectivity index (χ4v) is 1.02. The first-order valence-electron chi connectivity index (χ1n) is 4.60. The third kappa shape index (κ3) is 3.28. The highest BCUT2D eigenvalue weighted by Crippen LogP contribution is 2.04. The molecule has 0 aliphatic carbocycles. The summed E-state index contributed by atoms with van der Waals surface area (Å²) in [5.41, 5.74) is 6.57. The Labute approximate surface area is 83.9 Å². The largest absolute Gasteiger partial charge is 0.372 e. The van der Waals surface area contributed by atoms with Crippen LogP contribution in [0, 0.1) is 0 Å². The summed E-state index contributed by atoms with van der Waals surface area (Å²) in [6.45, 7) is 2.28. The van der Waals surface area contributed by atoms with E-state index in [1.54, 1.807) is 6.92 Å². The SMILES string of the molecule is CC(OCc1ccccc1)C(N)C=O. The summed E-state index contributed by atoms with van der Waals surface area (Å²) in [5, 5.41) is 0. The Kier molecular flexibility index (Phi) is 4.29. The van der Waals surface area contributed by atoms with Crippen LogP contribution in [0.25, 0.3) is 0 Å². The number of hydrogen-bond acceptors (Lipinski definition) is 3. The lowest BCUT2D eigenvalue weighted by atomic mass is 10.2. The zero-order valence-electron chi connectivity index (χ0n) is 8.22. The lowest BCUT2D eigenvalue weighted by Crippen LogP contribution is -2.35. The van der Waals surface area contributed by atoms with E-state index in [0.717, 1.165) is 5.56 Å². The molecule has 0 heterocycles. The molecule has 76 valence electrons. The van der Waals surface area contributed by atoms with Crippen molar-refractivity contribution < 1.29 is 9.53 Å². The predicted molar refractivity (Wildman–Crippen MR) is 54.7 cm³/mol. The second-order valence-electron chi connectivity index (χ2n) is 3.22. The van der Waals surface area contributed by atoms with Crippen molar-refractivity contribution in [3.8, 4) is 0 Å². The van der Waals surface area contributed by atoms with E-state index in [-0.39, 0.29) is 6.10 Å². The minimum absolute atomic E-state index is 0.243. The quantitative estimate of drug-likeness (QED) is 0.713. The van der Waals surface area contributed by atoms with Gasteiger partial charge in [-0.15, -0.1) is 0 Å². The van der Waals surface area contributed by atoms with E-state index < -0.39 is 6.04 Å². The molecule has 0 spiro atoms. The third-order valence-corrected chi connectivity index (χ3v) is 2.05. The average molecular weight is 193 g/mol. The predicted octanol–water partition coefficient (Wildman–Crippen LogP) is 1.12. The molecule has 2 N–H and O–H groups in total. The molecule has 3 nitrogen and oxygen atoms in total. The first-order chi connectivity index (χ1) is 6.74. The summed E-state index contributed by atoms with van der Waals surface area (Å²) < 4.78 is 5.42. The third-order valence-electron chi connectivity index (χ3n) is 2.05. The summed E-state index contributed by atoms with van der Waals surface area (Å²) in [4.78, 5) is 10.4. The van der Waals surface area contributed by atoms with Crippen molar-refractivity contribution in [2.75, 3.05) is 0 Å². The number of hydrogen-bond donors (Lipinski definition) is 1. The standard InChI is InChI=1S/C11H15NO2/c1-9(11(12)7-13)14-8-10-5-3-2-4-6-10/h2-7,9,11H,8,12H2,1H3. The van der Waals surface area contributed by atoms with Gasteiger partial charge in [0.05, 0.1) is 18.8 Å². The summed E-state index contributed by atoms with van der Waals surface area (Å²) in [6, 6.07) is 9.24. The molecule has 1 aromatic carbocycles. The molecule has 2 unspecified atom stereocenters. The molecular weight excluding hydrogens is 178 g/mol. The topological polar surface area (TPSA) is 52.3 Å². The maximum Gasteiger partial charge on any atom is 0.139 e. The average Bonchev–Trinajstić information content (AvgIpc) is 2.26. The van der Waals surface area contributed by atoms with Gasteiger partial charge in [0.2, 0.25) is 0 Å². The molecule has 14 heavy (non-hydrogen) atoms. The normalized spacial score (nSPS) is 14.7. The molecule has 0 saturated carbocycles. The molecule has 0 aliphatic heterocycles. The van der Waals surface area contributed by atoms with Crippen LogP contribution < -0.4 is 5.73 Å². The molecule has 0 fully saturated rings. The number of benzene rings is 1. The van der Waals surface area contributed by atoms with E-state index in [4.69, 9.17) is 10.5 Å². The van der Waals surface area contributed by atoms with Gasteiger partial charge in [0.1, 0.15) is 6.29 Å². The van der Waals surface area contributed by atoms with Gasteiger partial charge in [-0.1, -0.05) is 30.3 Å². The molecular formula is C11H15NO2. The smallest absolute Gasteiger partial charge is 0.139 e. The van der Waals surface area contributed by atoms with Crippen LogP contribution in [0.15, 0.2) is 30.3 Å². The Hall–Kier alpha value is -1.19. The summed E-state index contributed by atoms with van der Waals surface area (Å²) in [6.07, 6.45) is 0.461. The summed E-state index contributed by atoms with van der Waals surface area (Å²) in [7, 11) is 0. The molecule has 0 bridgehead atoms. The van der Waals surface area contributed by atoms with Crippen molar-refractivity contribution in [1.29, 1.82) is 0 Å². The van der Waals surface area contributed by atoms with Gasteiger partial charge in [-0.2, -0.15) is 0 Å². The van der Waals surface area contributed by atoms with Crippen LogP contribution in [0.2, 0.25) is 0 Å². The van der Waals surface area contributed by atoms with Crippen LogP contribution in [0.5, 0.6) is 0 Å². The van der Waals surface area contributed by atoms with Crippen molar-refractivity contribution in [2.24, 2.45) is 5.73 Å². The van der Waals surface area contributed by atoms with E-state index in [0.29, 0.717) is 12.9 Å². The van der Waals surface area contributed by atoms with Crippen LogP contribution >= 0.6 is 0 Å². The first kappa shape index (κ1) is 10.9. The summed E-state index contributed by atoms with van der Waals surface area (Å²) >= 11 is 0. The molecule has 0 aliphatic rings. The van der Waals surface area contributed by atoms with E-state index in [2.05, 4.69) is 0 Å². The number of carbonyl (C=O) groups excluding carboxylic acids is 1. The van der Waals surface area contributed by atoms with Crippen LogP contribution in [-0.2, 0) is 16.1 Å². The minimum Gasteiger partial charge on any atom is -0.372 e. The molecule has 0 amide bonds. The van der Waals surface area contributed by atoms with Gasteiger partial charge in [0, 0.05) is 0 Å². The molecule has 1 rings (SSSR count). The van der Waals surface area contributed by atoms with E-state index in [9.17, 15) is 4.79 Å². The molecule has 0 radical (unpaired) electrons. The maximum absolute atomic E-state index is 10.4. The molecule has 3 heteroatoms. The molecule has 0 saturated heterocycles. The Morgan fingerprint density at radius 3 is 2.64 bits per heavy atom. The Bertz CT molecular complexity index is 274. The van der Waals surface area contributed by atoms with Gasteiger partial charge in [-0.05, 0) is 12.5 Å². The van der Waals surface area contributed by atoms with Crippen molar-refractivity contribution in [3.05, 3.63) is 35.9 Å². The first-order valence-corrected chi connectivity index (χ1v) is 4.60. The van der Waals surface area contributed by atoms with Crippen molar-refractivity contribution in [2.45, 2.75) is 25.7 Å². The Morgan fingerprint density at radius 1 is 1.43 bits per heavy atom. The van der Waals surface area contributed by atoms with E-state index >= 15 is 0 Å². The monoisotopic (exact) mass is 193 g/mol. The lowest BCUT2D eigenvalue weighted by Gasteiger charge is -2.15. The Balaban J connectivity index is 2.37. The van der Waals surface area contributed by atoms with Crippen molar-refractivity contribution in [3.63, 3.8) is 0 Å². The number of rotatable bonds is 5. The number of ether oxygens (including phenoxy) is 1. The molecule has 0 aromatic heterocycles. The van der Waals surface area contributed by atoms with E-state index in [1.807, 2.05) is 30.3 Å². The number of nitrogens with two attached hydrogens (primary N) is 1. The summed E-state index contributed by atoms with van der Waals surface area (Å²) in [5.74, 6) is 0. The van der Waals surface area contributed by atoms with Crippen molar-refractivity contribution in [1.82, 2.24) is 0 Å². The van der Waals surface area contributed by atoms with Crippen molar-refractivity contribution >= 4 is 6.29 Å². The highest BCUT2D eigenvalue weighted by molar-refractivity contribution is 5.57. The lowest BCUT2D eigenvalue weighted by molar-refractivity contribution is -0.112. The van der Waals surface area contributed by atoms with Gasteiger partial charge in [0.25, 0.3) is 0 Å². The fraction of sp³-hybridized carbons (Fsp3) is 0.364. The van der Waals surface area contributed by atoms with Crippen LogP contribution in [-0.4, -0.2) is 18.4 Å². The maximum atomic E-state index is 10.4. The highest BCUT2D eigenvalue weighted by atomic mass is 16.5. The van der Waals surface area contributed by atoms with Gasteiger partial charge < -0.3 is 15.3 Å². The zero-order valence-corrected chi connectivity index (χ0v) is 8.22. The van der Waals surface area contributed by atoms with Gasteiger partial charge >= 0.3 is 0 Å². The van der Waals surface area contributed by atoms with Gasteiger partial charge in [0.15, 0.2) is 0 Å². The fourth-order valence-electron chi connectivity index (χ4n) is 1.02. The van der Waals surface area contributed by atoms with Crippen LogP contribution in [0.1, 0.15) is 12.5 Å². The van der Waals surface area contributed by atoms with Gasteiger partial charge in [-0.25, -0.2) is 0 Å². The number of aldehydes is 1. The van der Waals surface area contributed by atoms with Gasteiger partial charge in [-0.3, -0.25) is 0 Å². The highest BCUT2D eigenvalue weighted by Gasteiger charge is 2.11. The number of carbonyl (C=O) groups is 1. The zero-order chi connectivity index (χ0) is 10.4. The second-order valence-corrected chi connectivity index (χ2v) is 3.22. The van der Waals surface area contributed by atoms with Crippen LogP contribution in [0.4, 0.5) is 0 Å². The minimum atomic E-state index is -0.543.